The SMILES string of the molecule is COc1ccc(OC)c(NC(=O)CN2CC(OC)(C(F)(F)F)C2)c1. The van der Waals surface area contributed by atoms with Crippen LogP contribution in [0.25, 0.3) is 0 Å². The minimum Gasteiger partial charge on any atom is -0.497 e. The van der Waals surface area contributed by atoms with Gasteiger partial charge in [0.2, 0.25) is 5.91 Å². The average molecular weight is 348 g/mol. The molecule has 134 valence electrons. The van der Waals surface area contributed by atoms with Crippen molar-refractivity contribution >= 4 is 11.6 Å². The summed E-state index contributed by atoms with van der Waals surface area (Å²) in [6, 6.07) is 4.86. The molecule has 1 N–H and O–H groups in total. The van der Waals surface area contributed by atoms with Crippen LogP contribution < -0.4 is 14.8 Å². The number of rotatable bonds is 6. The average Bonchev–Trinajstić information content (AvgIpc) is 2.49. The Kier molecular flexibility index (Phi) is 5.24. The maximum atomic E-state index is 12.9. The summed E-state index contributed by atoms with van der Waals surface area (Å²) in [6.07, 6.45) is -4.47. The molecule has 0 spiro atoms. The monoisotopic (exact) mass is 348 g/mol. The minimum atomic E-state index is -4.47. The highest BCUT2D eigenvalue weighted by molar-refractivity contribution is 5.94. The zero-order valence-electron chi connectivity index (χ0n) is 13.6. The van der Waals surface area contributed by atoms with Gasteiger partial charge in [-0.25, -0.2) is 0 Å². The number of hydrogen-bond donors (Lipinski definition) is 1. The van der Waals surface area contributed by atoms with Gasteiger partial charge in [-0.3, -0.25) is 9.69 Å². The molecule has 0 bridgehead atoms. The number of benzene rings is 1. The molecule has 1 aliphatic rings. The lowest BCUT2D eigenvalue weighted by Gasteiger charge is -2.49. The Hall–Kier alpha value is -2.00. The van der Waals surface area contributed by atoms with E-state index in [1.165, 1.54) is 19.1 Å². The van der Waals surface area contributed by atoms with Gasteiger partial charge in [0.25, 0.3) is 0 Å². The van der Waals surface area contributed by atoms with E-state index in [4.69, 9.17) is 9.47 Å². The number of anilines is 1. The molecule has 6 nitrogen and oxygen atoms in total. The first-order valence-corrected chi connectivity index (χ1v) is 7.11. The molecular weight excluding hydrogens is 329 g/mol. The van der Waals surface area contributed by atoms with Crippen molar-refractivity contribution in [3.8, 4) is 11.5 Å². The third-order valence-corrected chi connectivity index (χ3v) is 3.91. The van der Waals surface area contributed by atoms with E-state index in [1.54, 1.807) is 18.2 Å². The summed E-state index contributed by atoms with van der Waals surface area (Å²) < 4.78 is 53.5. The second kappa shape index (κ2) is 6.86. The molecule has 1 heterocycles. The van der Waals surface area contributed by atoms with Gasteiger partial charge in [0.15, 0.2) is 5.60 Å². The van der Waals surface area contributed by atoms with E-state index in [2.05, 4.69) is 10.1 Å². The van der Waals surface area contributed by atoms with Crippen LogP contribution >= 0.6 is 0 Å². The minimum absolute atomic E-state index is 0.179. The van der Waals surface area contributed by atoms with Gasteiger partial charge in [0.05, 0.1) is 26.5 Å². The number of amides is 1. The summed E-state index contributed by atoms with van der Waals surface area (Å²) in [5, 5.41) is 2.61. The van der Waals surface area contributed by atoms with Crippen LogP contribution in [0.3, 0.4) is 0 Å². The summed E-state index contributed by atoms with van der Waals surface area (Å²) in [7, 11) is 3.95. The molecular formula is C15H19F3N2O4. The second-order valence-corrected chi connectivity index (χ2v) is 5.46. The zero-order valence-corrected chi connectivity index (χ0v) is 13.6. The highest BCUT2D eigenvalue weighted by Crippen LogP contribution is 2.40. The molecule has 1 saturated heterocycles. The van der Waals surface area contributed by atoms with Crippen molar-refractivity contribution in [2.75, 3.05) is 46.3 Å². The van der Waals surface area contributed by atoms with Crippen LogP contribution in [0.1, 0.15) is 0 Å². The maximum absolute atomic E-state index is 12.9. The second-order valence-electron chi connectivity index (χ2n) is 5.46. The van der Waals surface area contributed by atoms with E-state index in [0.29, 0.717) is 17.2 Å². The largest absolute Gasteiger partial charge is 0.497 e. The third-order valence-electron chi connectivity index (χ3n) is 3.91. The molecule has 1 aliphatic heterocycles. The van der Waals surface area contributed by atoms with Crippen molar-refractivity contribution in [3.05, 3.63) is 18.2 Å². The Morgan fingerprint density at radius 1 is 1.25 bits per heavy atom. The van der Waals surface area contributed by atoms with Gasteiger partial charge in [-0.05, 0) is 12.1 Å². The van der Waals surface area contributed by atoms with Gasteiger partial charge in [-0.1, -0.05) is 0 Å². The zero-order chi connectivity index (χ0) is 18.0. The van der Waals surface area contributed by atoms with Crippen molar-refractivity contribution in [2.24, 2.45) is 0 Å². The molecule has 0 aromatic heterocycles. The van der Waals surface area contributed by atoms with Gasteiger partial charge in [-0.15, -0.1) is 0 Å². The lowest BCUT2D eigenvalue weighted by molar-refractivity contribution is -0.309. The first-order chi connectivity index (χ1) is 11.2. The summed E-state index contributed by atoms with van der Waals surface area (Å²) in [4.78, 5) is 13.4. The number of alkyl halides is 3. The van der Waals surface area contributed by atoms with Crippen LogP contribution in [0.4, 0.5) is 18.9 Å². The van der Waals surface area contributed by atoms with Crippen LogP contribution in [0.5, 0.6) is 11.5 Å². The maximum Gasteiger partial charge on any atom is 0.419 e. The molecule has 0 radical (unpaired) electrons. The van der Waals surface area contributed by atoms with E-state index in [-0.39, 0.29) is 19.6 Å². The van der Waals surface area contributed by atoms with Crippen molar-refractivity contribution in [3.63, 3.8) is 0 Å². The lowest BCUT2D eigenvalue weighted by Crippen LogP contribution is -2.70. The standard InChI is InChI=1S/C15H19F3N2O4/c1-22-10-4-5-12(23-2)11(6-10)19-13(21)7-20-8-14(9-20,24-3)15(16,17)18/h4-6H,7-9H2,1-3H3,(H,19,21). The molecule has 2 rings (SSSR count). The number of halogens is 3. The Labute approximate surface area is 137 Å². The third kappa shape index (κ3) is 3.57. The number of hydrogen-bond acceptors (Lipinski definition) is 5. The number of nitrogens with one attached hydrogen (secondary N) is 1. The Morgan fingerprint density at radius 2 is 1.92 bits per heavy atom. The quantitative estimate of drug-likeness (QED) is 0.851. The van der Waals surface area contributed by atoms with Crippen LogP contribution in [-0.4, -0.2) is 63.5 Å². The fraction of sp³-hybridized carbons (Fsp3) is 0.533. The number of carbonyl (C=O) groups excluding carboxylic acids is 1. The highest BCUT2D eigenvalue weighted by atomic mass is 19.4. The van der Waals surface area contributed by atoms with Crippen LogP contribution in [-0.2, 0) is 9.53 Å². The van der Waals surface area contributed by atoms with Gasteiger partial charge < -0.3 is 19.5 Å². The van der Waals surface area contributed by atoms with Crippen molar-refractivity contribution in [2.45, 2.75) is 11.8 Å². The predicted octanol–water partition coefficient (Wildman–Crippen LogP) is 1.91. The van der Waals surface area contributed by atoms with Gasteiger partial charge in [-0.2, -0.15) is 13.2 Å². The summed E-state index contributed by atoms with van der Waals surface area (Å²) in [6.45, 7) is -0.938. The number of ether oxygens (including phenoxy) is 3. The van der Waals surface area contributed by atoms with Gasteiger partial charge >= 0.3 is 6.18 Å². The van der Waals surface area contributed by atoms with Crippen molar-refractivity contribution in [1.82, 2.24) is 4.90 Å². The molecule has 0 aliphatic carbocycles. The molecule has 1 aromatic rings. The topological polar surface area (TPSA) is 60.0 Å². The van der Waals surface area contributed by atoms with Crippen LogP contribution in [0, 0.1) is 0 Å². The van der Waals surface area contributed by atoms with E-state index in [1.807, 2.05) is 0 Å². The fourth-order valence-corrected chi connectivity index (χ4v) is 2.52. The molecule has 1 aromatic carbocycles. The number of carbonyl (C=O) groups is 1. The molecule has 1 fully saturated rings. The molecule has 0 atom stereocenters. The predicted molar refractivity (Wildman–Crippen MR) is 80.4 cm³/mol. The van der Waals surface area contributed by atoms with E-state index < -0.39 is 17.7 Å². The summed E-state index contributed by atoms with van der Waals surface area (Å²) in [5.74, 6) is 0.494. The van der Waals surface area contributed by atoms with E-state index in [9.17, 15) is 18.0 Å². The highest BCUT2D eigenvalue weighted by Gasteiger charge is 2.62. The Morgan fingerprint density at radius 3 is 2.42 bits per heavy atom. The number of likely N-dealkylation sites (tertiary alicyclic amines) is 1. The molecule has 0 unspecified atom stereocenters. The van der Waals surface area contributed by atoms with Gasteiger partial charge in [0, 0.05) is 26.3 Å². The summed E-state index contributed by atoms with van der Waals surface area (Å²) >= 11 is 0. The van der Waals surface area contributed by atoms with Gasteiger partial charge in [0.1, 0.15) is 11.5 Å². The Bertz CT molecular complexity index is 601. The van der Waals surface area contributed by atoms with E-state index in [0.717, 1.165) is 7.11 Å². The lowest BCUT2D eigenvalue weighted by atomic mass is 9.93. The Balaban J connectivity index is 1.96. The van der Waals surface area contributed by atoms with Crippen LogP contribution in [0.15, 0.2) is 18.2 Å². The van der Waals surface area contributed by atoms with E-state index >= 15 is 0 Å². The fourth-order valence-electron chi connectivity index (χ4n) is 2.52. The number of nitrogens with zero attached hydrogens (tertiary/aromatic N) is 1. The molecule has 0 saturated carbocycles. The van der Waals surface area contributed by atoms with Crippen LogP contribution in [0.2, 0.25) is 0 Å². The first kappa shape index (κ1) is 18.3. The van der Waals surface area contributed by atoms with Crippen molar-refractivity contribution in [1.29, 1.82) is 0 Å². The van der Waals surface area contributed by atoms with Crippen molar-refractivity contribution < 1.29 is 32.2 Å². The summed E-state index contributed by atoms with van der Waals surface area (Å²) in [5.41, 5.74) is -1.81. The molecule has 1 amide bonds. The smallest absolute Gasteiger partial charge is 0.419 e. The normalized spacial score (nSPS) is 17.1. The molecule has 9 heteroatoms. The molecule has 24 heavy (non-hydrogen) atoms. The first-order valence-electron chi connectivity index (χ1n) is 7.11. The number of methoxy groups -OCH3 is 3.